The number of nitro groups is 1. The lowest BCUT2D eigenvalue weighted by Gasteiger charge is -2.08. The average Bonchev–Trinajstić information content (AvgIpc) is 2.55. The second-order valence-electron chi connectivity index (χ2n) is 3.51. The number of fused-ring (bicyclic) bond motifs is 1. The van der Waals surface area contributed by atoms with E-state index in [2.05, 4.69) is 10.6 Å². The van der Waals surface area contributed by atoms with Crippen LogP contribution in [0.5, 0.6) is 0 Å². The van der Waals surface area contributed by atoms with E-state index >= 15 is 0 Å². The van der Waals surface area contributed by atoms with Gasteiger partial charge in [-0.1, -0.05) is 6.92 Å². The van der Waals surface area contributed by atoms with Crippen molar-refractivity contribution in [3.8, 4) is 0 Å². The molecule has 6 heteroatoms. The SMILES string of the molecule is CCNC1C(=O)Nc2ccc([N+](=O)[O-])cc21. The minimum Gasteiger partial charge on any atom is -0.324 e. The molecule has 0 fully saturated rings. The Morgan fingerprint density at radius 3 is 2.94 bits per heavy atom. The van der Waals surface area contributed by atoms with Crippen LogP contribution in [0.25, 0.3) is 0 Å². The van der Waals surface area contributed by atoms with Gasteiger partial charge in [-0.05, 0) is 12.6 Å². The molecule has 1 atom stereocenters. The topological polar surface area (TPSA) is 84.3 Å². The van der Waals surface area contributed by atoms with E-state index in [1.54, 1.807) is 6.07 Å². The van der Waals surface area contributed by atoms with Gasteiger partial charge in [0.05, 0.1) is 4.92 Å². The molecule has 1 aliphatic rings. The summed E-state index contributed by atoms with van der Waals surface area (Å²) in [5, 5.41) is 16.3. The van der Waals surface area contributed by atoms with Gasteiger partial charge in [0.15, 0.2) is 0 Å². The molecular formula is C10H11N3O3. The highest BCUT2D eigenvalue weighted by Gasteiger charge is 2.31. The van der Waals surface area contributed by atoms with Gasteiger partial charge in [0.2, 0.25) is 5.91 Å². The zero-order valence-electron chi connectivity index (χ0n) is 8.69. The fourth-order valence-electron chi connectivity index (χ4n) is 1.77. The summed E-state index contributed by atoms with van der Waals surface area (Å²) in [6.45, 7) is 2.50. The lowest BCUT2D eigenvalue weighted by atomic mass is 10.1. The molecule has 0 aromatic heterocycles. The minimum atomic E-state index is -0.486. The first kappa shape index (κ1) is 10.6. The first-order valence-corrected chi connectivity index (χ1v) is 4.96. The molecule has 2 rings (SSSR count). The predicted molar refractivity (Wildman–Crippen MR) is 58.1 cm³/mol. The quantitative estimate of drug-likeness (QED) is 0.593. The first-order chi connectivity index (χ1) is 7.63. The van der Waals surface area contributed by atoms with Gasteiger partial charge in [0.25, 0.3) is 5.69 Å². The lowest BCUT2D eigenvalue weighted by Crippen LogP contribution is -2.27. The van der Waals surface area contributed by atoms with Gasteiger partial charge >= 0.3 is 0 Å². The van der Waals surface area contributed by atoms with Crippen LogP contribution in [0, 0.1) is 10.1 Å². The van der Waals surface area contributed by atoms with E-state index in [0.29, 0.717) is 17.8 Å². The number of non-ortho nitro benzene ring substituents is 1. The zero-order chi connectivity index (χ0) is 11.7. The Morgan fingerprint density at radius 2 is 2.31 bits per heavy atom. The molecule has 1 amide bonds. The normalized spacial score (nSPS) is 18.1. The Morgan fingerprint density at radius 1 is 1.56 bits per heavy atom. The fraction of sp³-hybridized carbons (Fsp3) is 0.300. The van der Waals surface area contributed by atoms with Crippen LogP contribution in [0.3, 0.4) is 0 Å². The molecule has 0 spiro atoms. The van der Waals surface area contributed by atoms with Crippen molar-refractivity contribution in [3.63, 3.8) is 0 Å². The lowest BCUT2D eigenvalue weighted by molar-refractivity contribution is -0.384. The van der Waals surface area contributed by atoms with Crippen molar-refractivity contribution in [1.82, 2.24) is 5.32 Å². The number of carbonyl (C=O) groups is 1. The number of hydrogen-bond donors (Lipinski definition) is 2. The number of likely N-dealkylation sites (N-methyl/N-ethyl adjacent to an activating group) is 1. The van der Waals surface area contributed by atoms with Crippen LogP contribution in [0.15, 0.2) is 18.2 Å². The molecule has 1 aromatic carbocycles. The summed E-state index contributed by atoms with van der Waals surface area (Å²) in [6.07, 6.45) is 0. The summed E-state index contributed by atoms with van der Waals surface area (Å²) in [5.74, 6) is -0.169. The maximum absolute atomic E-state index is 11.6. The monoisotopic (exact) mass is 221 g/mol. The van der Waals surface area contributed by atoms with Crippen LogP contribution in [-0.4, -0.2) is 17.4 Å². The molecule has 16 heavy (non-hydrogen) atoms. The summed E-state index contributed by atoms with van der Waals surface area (Å²) >= 11 is 0. The van der Waals surface area contributed by atoms with Gasteiger partial charge in [-0.15, -0.1) is 0 Å². The van der Waals surface area contributed by atoms with E-state index in [0.717, 1.165) is 0 Å². The van der Waals surface area contributed by atoms with E-state index in [1.165, 1.54) is 12.1 Å². The number of carbonyl (C=O) groups excluding carboxylic acids is 1. The number of benzene rings is 1. The summed E-state index contributed by atoms with van der Waals surface area (Å²) < 4.78 is 0. The van der Waals surface area contributed by atoms with Crippen LogP contribution in [-0.2, 0) is 4.79 Å². The van der Waals surface area contributed by atoms with Crippen molar-refractivity contribution < 1.29 is 9.72 Å². The van der Waals surface area contributed by atoms with Gasteiger partial charge < -0.3 is 10.6 Å². The van der Waals surface area contributed by atoms with Crippen molar-refractivity contribution >= 4 is 17.3 Å². The highest BCUT2D eigenvalue weighted by Crippen LogP contribution is 2.33. The van der Waals surface area contributed by atoms with E-state index < -0.39 is 11.0 Å². The summed E-state index contributed by atoms with van der Waals surface area (Å²) in [6, 6.07) is 3.89. The fourth-order valence-corrected chi connectivity index (χ4v) is 1.77. The molecule has 0 radical (unpaired) electrons. The molecule has 6 nitrogen and oxygen atoms in total. The van der Waals surface area contributed by atoms with Gasteiger partial charge in [0.1, 0.15) is 6.04 Å². The van der Waals surface area contributed by atoms with E-state index in [1.807, 2.05) is 6.92 Å². The molecule has 1 aromatic rings. The van der Waals surface area contributed by atoms with E-state index in [-0.39, 0.29) is 11.6 Å². The number of nitrogens with zero attached hydrogens (tertiary/aromatic N) is 1. The maximum Gasteiger partial charge on any atom is 0.269 e. The third-order valence-electron chi connectivity index (χ3n) is 2.49. The predicted octanol–water partition coefficient (Wildman–Crippen LogP) is 1.20. The first-order valence-electron chi connectivity index (χ1n) is 4.96. The number of nitro benzene ring substituents is 1. The standard InChI is InChI=1S/C10H11N3O3/c1-2-11-9-7-5-6(13(15)16)3-4-8(7)12-10(9)14/h3-5,9,11H,2H2,1H3,(H,12,14). The summed E-state index contributed by atoms with van der Waals surface area (Å²) in [7, 11) is 0. The molecule has 1 aliphatic heterocycles. The molecule has 0 saturated heterocycles. The minimum absolute atomic E-state index is 0.00171. The third-order valence-corrected chi connectivity index (χ3v) is 2.49. The van der Waals surface area contributed by atoms with Gasteiger partial charge in [-0.2, -0.15) is 0 Å². The number of hydrogen-bond acceptors (Lipinski definition) is 4. The molecule has 0 aliphatic carbocycles. The molecule has 1 unspecified atom stereocenters. The van der Waals surface area contributed by atoms with Crippen LogP contribution in [0.1, 0.15) is 18.5 Å². The zero-order valence-corrected chi connectivity index (χ0v) is 8.69. The van der Waals surface area contributed by atoms with Gasteiger partial charge in [-0.3, -0.25) is 14.9 Å². The Balaban J connectivity index is 2.41. The average molecular weight is 221 g/mol. The van der Waals surface area contributed by atoms with Gasteiger partial charge in [-0.25, -0.2) is 0 Å². The van der Waals surface area contributed by atoms with Crippen molar-refractivity contribution in [1.29, 1.82) is 0 Å². The highest BCUT2D eigenvalue weighted by atomic mass is 16.6. The van der Waals surface area contributed by atoms with Crippen molar-refractivity contribution in [2.45, 2.75) is 13.0 Å². The summed E-state index contributed by atoms with van der Waals surface area (Å²) in [5.41, 5.74) is 1.28. The number of amides is 1. The Labute approximate surface area is 91.8 Å². The number of rotatable bonds is 3. The smallest absolute Gasteiger partial charge is 0.269 e. The van der Waals surface area contributed by atoms with Crippen LogP contribution in [0.2, 0.25) is 0 Å². The highest BCUT2D eigenvalue weighted by molar-refractivity contribution is 6.02. The number of nitrogens with one attached hydrogen (secondary N) is 2. The van der Waals surface area contributed by atoms with Crippen LogP contribution >= 0.6 is 0 Å². The molecule has 84 valence electrons. The second-order valence-corrected chi connectivity index (χ2v) is 3.51. The summed E-state index contributed by atoms with van der Waals surface area (Å²) in [4.78, 5) is 21.7. The molecule has 0 saturated carbocycles. The van der Waals surface area contributed by atoms with Crippen LogP contribution in [0.4, 0.5) is 11.4 Å². The van der Waals surface area contributed by atoms with Gasteiger partial charge in [0, 0.05) is 23.4 Å². The van der Waals surface area contributed by atoms with Crippen molar-refractivity contribution in [2.75, 3.05) is 11.9 Å². The molecule has 0 bridgehead atoms. The van der Waals surface area contributed by atoms with Crippen molar-refractivity contribution in [3.05, 3.63) is 33.9 Å². The molecular weight excluding hydrogens is 210 g/mol. The van der Waals surface area contributed by atoms with E-state index in [9.17, 15) is 14.9 Å². The third kappa shape index (κ3) is 1.63. The maximum atomic E-state index is 11.6. The largest absolute Gasteiger partial charge is 0.324 e. The van der Waals surface area contributed by atoms with Crippen molar-refractivity contribution in [2.24, 2.45) is 0 Å². The Kier molecular flexibility index (Phi) is 2.57. The van der Waals surface area contributed by atoms with E-state index in [4.69, 9.17) is 0 Å². The van der Waals surface area contributed by atoms with Crippen LogP contribution < -0.4 is 10.6 Å². The second kappa shape index (κ2) is 3.90. The Bertz CT molecular complexity index is 459. The molecule has 2 N–H and O–H groups in total. The Hall–Kier alpha value is -1.95. The molecule has 1 heterocycles. The number of anilines is 1.